The molecule has 0 fully saturated rings. The highest BCUT2D eigenvalue weighted by molar-refractivity contribution is 7.92. The number of halogens is 2. The summed E-state index contributed by atoms with van der Waals surface area (Å²) in [5, 5.41) is 4.63. The van der Waals surface area contributed by atoms with Gasteiger partial charge < -0.3 is 0 Å². The normalized spacial score (nSPS) is 12.5. The van der Waals surface area contributed by atoms with E-state index in [-0.39, 0.29) is 16.1 Å². The van der Waals surface area contributed by atoms with Gasteiger partial charge >= 0.3 is 0 Å². The zero-order valence-corrected chi connectivity index (χ0v) is 19.6. The molecule has 30 heavy (non-hydrogen) atoms. The Morgan fingerprint density at radius 1 is 1.10 bits per heavy atom. The average molecular weight is 470 g/mol. The summed E-state index contributed by atoms with van der Waals surface area (Å²) >= 11 is 11.9. The predicted octanol–water partition coefficient (Wildman–Crippen LogP) is 4.62. The molecule has 0 atom stereocenters. The van der Waals surface area contributed by atoms with Crippen molar-refractivity contribution in [3.63, 3.8) is 0 Å². The third kappa shape index (κ3) is 6.72. The fourth-order valence-corrected chi connectivity index (χ4v) is 4.17. The maximum atomic E-state index is 12.4. The third-order valence-corrected chi connectivity index (χ3v) is 6.38. The van der Waals surface area contributed by atoms with Crippen molar-refractivity contribution in [1.82, 2.24) is 5.43 Å². The highest BCUT2D eigenvalue weighted by atomic mass is 35.5. The molecule has 1 N–H and O–H groups in total. The van der Waals surface area contributed by atoms with Crippen LogP contribution >= 0.6 is 23.2 Å². The molecular formula is C21H25Cl2N3O3S. The quantitative estimate of drug-likeness (QED) is 0.452. The lowest BCUT2D eigenvalue weighted by Gasteiger charge is -2.25. The minimum absolute atomic E-state index is 0.168. The number of anilines is 1. The van der Waals surface area contributed by atoms with Crippen LogP contribution in [0.1, 0.15) is 32.8 Å². The first-order valence-electron chi connectivity index (χ1n) is 9.20. The fraction of sp³-hybridized carbons (Fsp3) is 0.333. The molecule has 2 rings (SSSR count). The van der Waals surface area contributed by atoms with Crippen LogP contribution in [-0.4, -0.2) is 32.8 Å². The minimum Gasteiger partial charge on any atom is -0.271 e. The second kappa shape index (κ2) is 9.81. The second-order valence-electron chi connectivity index (χ2n) is 7.68. The molecule has 0 saturated carbocycles. The van der Waals surface area contributed by atoms with E-state index in [0.717, 1.165) is 21.8 Å². The van der Waals surface area contributed by atoms with Crippen molar-refractivity contribution in [3.05, 3.63) is 64.1 Å². The van der Waals surface area contributed by atoms with Crippen LogP contribution in [0.4, 0.5) is 5.69 Å². The second-order valence-corrected chi connectivity index (χ2v) is 10.4. The van der Waals surface area contributed by atoms with Gasteiger partial charge in [0.05, 0.1) is 22.0 Å². The highest BCUT2D eigenvalue weighted by Gasteiger charge is 2.23. The van der Waals surface area contributed by atoms with Crippen LogP contribution in [-0.2, 0) is 20.2 Å². The summed E-state index contributed by atoms with van der Waals surface area (Å²) < 4.78 is 25.3. The van der Waals surface area contributed by atoms with E-state index in [1.807, 2.05) is 37.3 Å². The Labute approximate surface area is 187 Å². The molecule has 0 unspecified atom stereocenters. The molecule has 9 heteroatoms. The summed E-state index contributed by atoms with van der Waals surface area (Å²) in [4.78, 5) is 12.4. The molecule has 6 nitrogen and oxygen atoms in total. The van der Waals surface area contributed by atoms with Crippen molar-refractivity contribution in [1.29, 1.82) is 0 Å². The van der Waals surface area contributed by atoms with E-state index in [1.165, 1.54) is 18.2 Å². The van der Waals surface area contributed by atoms with E-state index < -0.39 is 22.5 Å². The lowest BCUT2D eigenvalue weighted by Crippen LogP contribution is -2.39. The number of hydrogen-bond acceptors (Lipinski definition) is 4. The number of sulfonamides is 1. The number of carbonyl (C=O) groups excluding carboxylic acids is 1. The maximum Gasteiger partial charge on any atom is 0.260 e. The molecule has 0 heterocycles. The zero-order valence-electron chi connectivity index (χ0n) is 17.3. The van der Waals surface area contributed by atoms with Crippen molar-refractivity contribution < 1.29 is 13.2 Å². The largest absolute Gasteiger partial charge is 0.271 e. The molecule has 0 saturated heterocycles. The number of carbonyl (C=O) groups is 1. The SMILES string of the molecule is CC(CC(C)(C)c1ccccc1)=NNC(=O)CN(c1ccc(Cl)c(Cl)c1)S(C)(=O)=O. The Bertz CT molecular complexity index is 1040. The van der Waals surface area contributed by atoms with Gasteiger partial charge in [-0.15, -0.1) is 0 Å². The van der Waals surface area contributed by atoms with Crippen molar-refractivity contribution >= 4 is 50.5 Å². The topological polar surface area (TPSA) is 78.8 Å². The van der Waals surface area contributed by atoms with E-state index in [0.29, 0.717) is 11.4 Å². The Balaban J connectivity index is 2.09. The van der Waals surface area contributed by atoms with Gasteiger partial charge in [-0.3, -0.25) is 9.10 Å². The summed E-state index contributed by atoms with van der Waals surface area (Å²) in [6.45, 7) is 5.58. The molecule has 1 amide bonds. The number of benzene rings is 2. The predicted molar refractivity (Wildman–Crippen MR) is 124 cm³/mol. The number of hydrazone groups is 1. The van der Waals surface area contributed by atoms with Crippen LogP contribution < -0.4 is 9.73 Å². The molecule has 0 aliphatic carbocycles. The molecule has 0 aromatic heterocycles. The smallest absolute Gasteiger partial charge is 0.260 e. The van der Waals surface area contributed by atoms with Crippen LogP contribution in [0.2, 0.25) is 10.0 Å². The van der Waals surface area contributed by atoms with Crippen LogP contribution in [0, 0.1) is 0 Å². The average Bonchev–Trinajstić information content (AvgIpc) is 2.66. The maximum absolute atomic E-state index is 12.4. The van der Waals surface area contributed by atoms with Crippen molar-refractivity contribution in [2.24, 2.45) is 5.10 Å². The van der Waals surface area contributed by atoms with Gasteiger partial charge in [0.1, 0.15) is 6.54 Å². The highest BCUT2D eigenvalue weighted by Crippen LogP contribution is 2.29. The lowest BCUT2D eigenvalue weighted by atomic mass is 9.80. The first kappa shape index (κ1) is 24.2. The molecule has 2 aromatic carbocycles. The van der Waals surface area contributed by atoms with E-state index in [1.54, 1.807) is 0 Å². The summed E-state index contributed by atoms with van der Waals surface area (Å²) in [6.07, 6.45) is 1.64. The van der Waals surface area contributed by atoms with Gasteiger partial charge in [0.2, 0.25) is 10.0 Å². The van der Waals surface area contributed by atoms with Gasteiger partial charge in [-0.05, 0) is 42.5 Å². The summed E-state index contributed by atoms with van der Waals surface area (Å²) in [6, 6.07) is 14.4. The Kier molecular flexibility index (Phi) is 7.91. The van der Waals surface area contributed by atoms with Crippen LogP contribution in [0.15, 0.2) is 53.6 Å². The zero-order chi connectivity index (χ0) is 22.5. The molecule has 0 aliphatic rings. The van der Waals surface area contributed by atoms with Gasteiger partial charge in [0, 0.05) is 5.71 Å². The summed E-state index contributed by atoms with van der Waals surface area (Å²) in [5.41, 5.74) is 4.39. The number of amides is 1. The Hall–Kier alpha value is -2.09. The molecular weight excluding hydrogens is 445 g/mol. The van der Waals surface area contributed by atoms with Gasteiger partial charge in [0.25, 0.3) is 5.91 Å². The number of rotatable bonds is 8. The minimum atomic E-state index is -3.72. The lowest BCUT2D eigenvalue weighted by molar-refractivity contribution is -0.119. The fourth-order valence-electron chi connectivity index (χ4n) is 3.03. The number of hydrogen-bond donors (Lipinski definition) is 1. The van der Waals surface area contributed by atoms with E-state index >= 15 is 0 Å². The molecule has 0 bridgehead atoms. The Morgan fingerprint density at radius 3 is 2.30 bits per heavy atom. The van der Waals surface area contributed by atoms with Gasteiger partial charge in [-0.2, -0.15) is 5.10 Å². The van der Waals surface area contributed by atoms with E-state index in [4.69, 9.17) is 23.2 Å². The molecule has 0 radical (unpaired) electrons. The standard InChI is InChI=1S/C21H25Cl2N3O3S/c1-15(13-21(2,3)16-8-6-5-7-9-16)24-25-20(27)14-26(30(4,28)29)17-10-11-18(22)19(23)12-17/h5-12H,13-14H2,1-4H3,(H,25,27). The molecule has 0 spiro atoms. The van der Waals surface area contributed by atoms with E-state index in [9.17, 15) is 13.2 Å². The number of nitrogens with zero attached hydrogens (tertiary/aromatic N) is 2. The van der Waals surface area contributed by atoms with Crippen LogP contribution in [0.3, 0.4) is 0 Å². The monoisotopic (exact) mass is 469 g/mol. The van der Waals surface area contributed by atoms with E-state index in [2.05, 4.69) is 24.4 Å². The van der Waals surface area contributed by atoms with Gasteiger partial charge in [-0.1, -0.05) is 67.4 Å². The van der Waals surface area contributed by atoms with Crippen molar-refractivity contribution in [2.45, 2.75) is 32.6 Å². The van der Waals surface area contributed by atoms with Gasteiger partial charge in [-0.25, -0.2) is 13.8 Å². The number of nitrogens with one attached hydrogen (secondary N) is 1. The first-order chi connectivity index (χ1) is 13.9. The molecule has 162 valence electrons. The van der Waals surface area contributed by atoms with Crippen LogP contribution in [0.5, 0.6) is 0 Å². The third-order valence-electron chi connectivity index (χ3n) is 4.50. The van der Waals surface area contributed by atoms with Gasteiger partial charge in [0.15, 0.2) is 0 Å². The molecule has 0 aliphatic heterocycles. The Morgan fingerprint density at radius 2 is 1.73 bits per heavy atom. The summed E-state index contributed by atoms with van der Waals surface area (Å²) in [7, 11) is -3.72. The first-order valence-corrected chi connectivity index (χ1v) is 11.8. The van der Waals surface area contributed by atoms with Crippen LogP contribution in [0.25, 0.3) is 0 Å². The van der Waals surface area contributed by atoms with Crippen molar-refractivity contribution in [2.75, 3.05) is 17.1 Å². The molecule has 2 aromatic rings. The summed E-state index contributed by atoms with van der Waals surface area (Å²) in [5.74, 6) is -0.566. The van der Waals surface area contributed by atoms with Crippen molar-refractivity contribution in [3.8, 4) is 0 Å².